The summed E-state index contributed by atoms with van der Waals surface area (Å²) in [5.74, 6) is 1.10. The molecule has 100 valence electrons. The minimum atomic E-state index is 0.433. The van der Waals surface area contributed by atoms with Gasteiger partial charge in [0.15, 0.2) is 0 Å². The van der Waals surface area contributed by atoms with Gasteiger partial charge < -0.3 is 4.90 Å². The van der Waals surface area contributed by atoms with Gasteiger partial charge >= 0.3 is 0 Å². The standard InChI is InChI=1S/C17H22N2/c1-13(2)18-14(3)19(15-9-5-4-6-10-15)17-12-8-7-11-16(17)18/h7-9,11-13H,3-6,10H2,1-2H3. The summed E-state index contributed by atoms with van der Waals surface area (Å²) in [6.07, 6.45) is 7.36. The second kappa shape index (κ2) is 4.76. The van der Waals surface area contributed by atoms with Crippen LogP contribution in [-0.4, -0.2) is 6.04 Å². The topological polar surface area (TPSA) is 6.48 Å². The van der Waals surface area contributed by atoms with Crippen molar-refractivity contribution in [2.75, 3.05) is 9.80 Å². The van der Waals surface area contributed by atoms with Crippen LogP contribution in [0.25, 0.3) is 0 Å². The van der Waals surface area contributed by atoms with Crippen LogP contribution in [0.2, 0.25) is 0 Å². The first kappa shape index (κ1) is 12.3. The molecule has 0 saturated carbocycles. The van der Waals surface area contributed by atoms with Crippen molar-refractivity contribution in [1.29, 1.82) is 0 Å². The van der Waals surface area contributed by atoms with Gasteiger partial charge in [-0.25, -0.2) is 0 Å². The first-order valence-electron chi connectivity index (χ1n) is 7.26. The van der Waals surface area contributed by atoms with Crippen LogP contribution >= 0.6 is 0 Å². The summed E-state index contributed by atoms with van der Waals surface area (Å²) < 4.78 is 0. The van der Waals surface area contributed by atoms with E-state index in [1.807, 2.05) is 0 Å². The van der Waals surface area contributed by atoms with Crippen LogP contribution in [0.5, 0.6) is 0 Å². The molecule has 1 heterocycles. The van der Waals surface area contributed by atoms with Gasteiger partial charge in [-0.3, -0.25) is 4.90 Å². The van der Waals surface area contributed by atoms with E-state index in [0.29, 0.717) is 6.04 Å². The first-order valence-corrected chi connectivity index (χ1v) is 7.26. The molecule has 2 nitrogen and oxygen atoms in total. The van der Waals surface area contributed by atoms with Crippen LogP contribution in [0.4, 0.5) is 11.4 Å². The SMILES string of the molecule is C=C1N(C2=CCCCC2)c2ccccc2N1C(C)C. The molecular formula is C17H22N2. The van der Waals surface area contributed by atoms with Gasteiger partial charge in [0, 0.05) is 11.7 Å². The fraction of sp³-hybridized carbons (Fsp3) is 0.412. The number of fused-ring (bicyclic) bond motifs is 1. The van der Waals surface area contributed by atoms with Gasteiger partial charge in [0.05, 0.1) is 11.4 Å². The predicted molar refractivity (Wildman–Crippen MR) is 82.2 cm³/mol. The number of rotatable bonds is 2. The van der Waals surface area contributed by atoms with Crippen molar-refractivity contribution in [3.05, 3.63) is 48.4 Å². The minimum absolute atomic E-state index is 0.433. The van der Waals surface area contributed by atoms with Crippen molar-refractivity contribution in [2.24, 2.45) is 0 Å². The molecule has 0 saturated heterocycles. The molecule has 2 heteroatoms. The predicted octanol–water partition coefficient (Wildman–Crippen LogP) is 4.65. The van der Waals surface area contributed by atoms with Crippen LogP contribution in [0, 0.1) is 0 Å². The molecule has 1 aliphatic heterocycles. The molecule has 3 rings (SSSR count). The molecule has 1 aromatic carbocycles. The molecule has 0 bridgehead atoms. The first-order chi connectivity index (χ1) is 9.20. The third-order valence-corrected chi connectivity index (χ3v) is 3.99. The van der Waals surface area contributed by atoms with Crippen molar-refractivity contribution in [1.82, 2.24) is 0 Å². The molecule has 0 spiro atoms. The Hall–Kier alpha value is -1.70. The lowest BCUT2D eigenvalue weighted by Gasteiger charge is -2.30. The van der Waals surface area contributed by atoms with E-state index in [2.05, 4.69) is 60.6 Å². The van der Waals surface area contributed by atoms with Crippen LogP contribution < -0.4 is 9.80 Å². The lowest BCUT2D eigenvalue weighted by Crippen LogP contribution is -2.32. The maximum absolute atomic E-state index is 4.34. The van der Waals surface area contributed by atoms with Crippen molar-refractivity contribution in [3.63, 3.8) is 0 Å². The Morgan fingerprint density at radius 3 is 2.47 bits per heavy atom. The van der Waals surface area contributed by atoms with E-state index >= 15 is 0 Å². The Bertz CT molecular complexity index is 528. The molecule has 0 amide bonds. The summed E-state index contributed by atoms with van der Waals surface area (Å²) in [7, 11) is 0. The number of benzene rings is 1. The van der Waals surface area contributed by atoms with Crippen LogP contribution in [0.1, 0.15) is 39.5 Å². The van der Waals surface area contributed by atoms with E-state index in [9.17, 15) is 0 Å². The molecule has 0 aromatic heterocycles. The summed E-state index contributed by atoms with van der Waals surface area (Å²) >= 11 is 0. The summed E-state index contributed by atoms with van der Waals surface area (Å²) in [5.41, 5.74) is 4.00. The normalized spacial score (nSPS) is 18.9. The number of nitrogens with zero attached hydrogens (tertiary/aromatic N) is 2. The minimum Gasteiger partial charge on any atom is -0.324 e. The lowest BCUT2D eigenvalue weighted by atomic mass is 10.0. The molecule has 0 N–H and O–H groups in total. The highest BCUT2D eigenvalue weighted by atomic mass is 15.4. The van der Waals surface area contributed by atoms with E-state index in [4.69, 9.17) is 0 Å². The monoisotopic (exact) mass is 254 g/mol. The number of hydrogen-bond donors (Lipinski definition) is 0. The zero-order valence-corrected chi connectivity index (χ0v) is 11.9. The van der Waals surface area contributed by atoms with Gasteiger partial charge in [0.1, 0.15) is 5.82 Å². The smallest absolute Gasteiger partial charge is 0.110 e. The third-order valence-electron chi connectivity index (χ3n) is 3.99. The Balaban J connectivity index is 2.06. The highest BCUT2D eigenvalue weighted by Crippen LogP contribution is 2.45. The second-order valence-electron chi connectivity index (χ2n) is 5.65. The molecule has 0 atom stereocenters. The molecular weight excluding hydrogens is 232 g/mol. The van der Waals surface area contributed by atoms with Crippen LogP contribution in [0.15, 0.2) is 48.4 Å². The Morgan fingerprint density at radius 2 is 1.84 bits per heavy atom. The maximum Gasteiger partial charge on any atom is 0.110 e. The molecule has 0 fully saturated rings. The van der Waals surface area contributed by atoms with E-state index in [1.54, 1.807) is 0 Å². The fourth-order valence-corrected chi connectivity index (χ4v) is 3.16. The molecule has 1 aliphatic carbocycles. The molecule has 0 unspecified atom stereocenters. The van der Waals surface area contributed by atoms with Gasteiger partial charge in [0.25, 0.3) is 0 Å². The van der Waals surface area contributed by atoms with Gasteiger partial charge in [-0.05, 0) is 51.7 Å². The van der Waals surface area contributed by atoms with Gasteiger partial charge in [0.2, 0.25) is 0 Å². The Morgan fingerprint density at radius 1 is 1.11 bits per heavy atom. The number of allylic oxidation sites excluding steroid dienone is 2. The van der Waals surface area contributed by atoms with Crippen LogP contribution in [-0.2, 0) is 0 Å². The fourth-order valence-electron chi connectivity index (χ4n) is 3.16. The average Bonchev–Trinajstić information content (AvgIpc) is 2.71. The number of para-hydroxylation sites is 2. The highest BCUT2D eigenvalue weighted by Gasteiger charge is 2.33. The highest BCUT2D eigenvalue weighted by molar-refractivity contribution is 5.84. The average molecular weight is 254 g/mol. The van der Waals surface area contributed by atoms with E-state index < -0.39 is 0 Å². The maximum atomic E-state index is 4.34. The quantitative estimate of drug-likeness (QED) is 0.758. The van der Waals surface area contributed by atoms with Crippen LogP contribution in [0.3, 0.4) is 0 Å². The molecule has 0 radical (unpaired) electrons. The molecule has 19 heavy (non-hydrogen) atoms. The van der Waals surface area contributed by atoms with Gasteiger partial charge in [-0.15, -0.1) is 0 Å². The van der Waals surface area contributed by atoms with Crippen molar-refractivity contribution in [3.8, 4) is 0 Å². The summed E-state index contributed by atoms with van der Waals surface area (Å²) in [6.45, 7) is 8.79. The Kier molecular flexibility index (Phi) is 3.09. The van der Waals surface area contributed by atoms with E-state index in [-0.39, 0.29) is 0 Å². The summed E-state index contributed by atoms with van der Waals surface area (Å²) in [4.78, 5) is 4.69. The molecule has 2 aliphatic rings. The zero-order chi connectivity index (χ0) is 13.4. The second-order valence-corrected chi connectivity index (χ2v) is 5.65. The van der Waals surface area contributed by atoms with E-state index in [1.165, 1.54) is 42.8 Å². The number of anilines is 2. The number of hydrogen-bond acceptors (Lipinski definition) is 2. The van der Waals surface area contributed by atoms with E-state index in [0.717, 1.165) is 5.82 Å². The van der Waals surface area contributed by atoms with Crippen molar-refractivity contribution in [2.45, 2.75) is 45.6 Å². The summed E-state index contributed by atoms with van der Waals surface area (Å²) in [5, 5.41) is 0. The lowest BCUT2D eigenvalue weighted by molar-refractivity contribution is 0.680. The molecule has 1 aromatic rings. The van der Waals surface area contributed by atoms with Crippen molar-refractivity contribution < 1.29 is 0 Å². The van der Waals surface area contributed by atoms with Gasteiger partial charge in [-0.1, -0.05) is 24.8 Å². The van der Waals surface area contributed by atoms with Crippen molar-refractivity contribution >= 4 is 11.4 Å². The zero-order valence-electron chi connectivity index (χ0n) is 11.9. The summed E-state index contributed by atoms with van der Waals surface area (Å²) in [6, 6.07) is 9.07. The van der Waals surface area contributed by atoms with Gasteiger partial charge in [-0.2, -0.15) is 0 Å². The third kappa shape index (κ3) is 1.95. The Labute approximate surface area is 116 Å². The largest absolute Gasteiger partial charge is 0.324 e.